The highest BCUT2D eigenvalue weighted by atomic mass is 19.1. The zero-order valence-electron chi connectivity index (χ0n) is 10.1. The molecule has 1 aromatic carbocycles. The maximum absolute atomic E-state index is 13.4. The van der Waals surface area contributed by atoms with Crippen molar-refractivity contribution in [3.05, 3.63) is 35.1 Å². The Kier molecular flexibility index (Phi) is 3.12. The highest BCUT2D eigenvalue weighted by Crippen LogP contribution is 2.34. The Hall–Kier alpha value is -0.930. The van der Waals surface area contributed by atoms with Crippen LogP contribution in [0.2, 0.25) is 0 Å². The highest BCUT2D eigenvalue weighted by Gasteiger charge is 2.26. The van der Waals surface area contributed by atoms with Gasteiger partial charge in [-0.2, -0.15) is 0 Å². The van der Waals surface area contributed by atoms with E-state index < -0.39 is 0 Å². The first-order valence-corrected chi connectivity index (χ1v) is 6.58. The summed E-state index contributed by atoms with van der Waals surface area (Å²) in [5, 5.41) is 3.37. The van der Waals surface area contributed by atoms with Gasteiger partial charge in [0.25, 0.3) is 0 Å². The molecule has 1 atom stereocenters. The van der Waals surface area contributed by atoms with Gasteiger partial charge in [0.05, 0.1) is 0 Å². The lowest BCUT2D eigenvalue weighted by atomic mass is 9.86. The van der Waals surface area contributed by atoms with Crippen molar-refractivity contribution in [3.63, 3.8) is 0 Å². The van der Waals surface area contributed by atoms with Crippen molar-refractivity contribution in [2.45, 2.75) is 25.3 Å². The topological polar surface area (TPSA) is 15.3 Å². The molecule has 2 aliphatic rings. The molecule has 1 aromatic rings. The fraction of sp³-hybridized carbons (Fsp3) is 0.571. The van der Waals surface area contributed by atoms with Crippen LogP contribution in [-0.4, -0.2) is 31.1 Å². The van der Waals surface area contributed by atoms with Gasteiger partial charge in [-0.1, -0.05) is 6.07 Å². The van der Waals surface area contributed by atoms with Gasteiger partial charge in [-0.3, -0.25) is 4.90 Å². The summed E-state index contributed by atoms with van der Waals surface area (Å²) in [6.07, 6.45) is 3.52. The minimum absolute atomic E-state index is 0.0919. The minimum Gasteiger partial charge on any atom is -0.314 e. The van der Waals surface area contributed by atoms with Crippen molar-refractivity contribution in [2.24, 2.45) is 0 Å². The first-order valence-electron chi connectivity index (χ1n) is 6.58. The van der Waals surface area contributed by atoms with E-state index in [9.17, 15) is 4.39 Å². The molecule has 1 N–H and O–H groups in total. The standard InChI is InChI=1S/C14H19FN2/c15-12-5-4-11-2-1-3-14(13(11)10-12)17-8-6-16-7-9-17/h4-5,10,14,16H,1-3,6-9H2. The SMILES string of the molecule is Fc1ccc2c(c1)C(N1CCNCC1)CCC2. The molecule has 1 aliphatic heterocycles. The smallest absolute Gasteiger partial charge is 0.123 e. The Morgan fingerprint density at radius 3 is 2.88 bits per heavy atom. The number of halogens is 1. The predicted molar refractivity (Wildman–Crippen MR) is 66.5 cm³/mol. The molecule has 1 saturated heterocycles. The van der Waals surface area contributed by atoms with Crippen LogP contribution in [0.5, 0.6) is 0 Å². The fourth-order valence-corrected chi connectivity index (χ4v) is 3.12. The van der Waals surface area contributed by atoms with Gasteiger partial charge in [0, 0.05) is 32.2 Å². The summed E-state index contributed by atoms with van der Waals surface area (Å²) in [7, 11) is 0. The molecule has 0 radical (unpaired) electrons. The Bertz CT molecular complexity index is 399. The molecular formula is C14H19FN2. The third-order valence-corrected chi connectivity index (χ3v) is 3.98. The van der Waals surface area contributed by atoms with Crippen LogP contribution in [0, 0.1) is 5.82 Å². The van der Waals surface area contributed by atoms with Crippen molar-refractivity contribution in [1.29, 1.82) is 0 Å². The molecule has 1 aliphatic carbocycles. The lowest BCUT2D eigenvalue weighted by Gasteiger charge is -2.38. The van der Waals surface area contributed by atoms with E-state index in [4.69, 9.17) is 0 Å². The average Bonchev–Trinajstić information content (AvgIpc) is 2.39. The summed E-state index contributed by atoms with van der Waals surface area (Å²) in [6, 6.07) is 5.76. The summed E-state index contributed by atoms with van der Waals surface area (Å²) >= 11 is 0. The Morgan fingerprint density at radius 1 is 1.24 bits per heavy atom. The van der Waals surface area contributed by atoms with Crippen LogP contribution in [0.15, 0.2) is 18.2 Å². The number of nitrogens with one attached hydrogen (secondary N) is 1. The van der Waals surface area contributed by atoms with Gasteiger partial charge in [-0.05, 0) is 42.5 Å². The monoisotopic (exact) mass is 234 g/mol. The van der Waals surface area contributed by atoms with Crippen molar-refractivity contribution < 1.29 is 4.39 Å². The average molecular weight is 234 g/mol. The van der Waals surface area contributed by atoms with E-state index in [1.807, 2.05) is 6.07 Å². The molecule has 1 heterocycles. The number of hydrogen-bond donors (Lipinski definition) is 1. The van der Waals surface area contributed by atoms with E-state index in [0.29, 0.717) is 6.04 Å². The van der Waals surface area contributed by atoms with Crippen LogP contribution in [0.3, 0.4) is 0 Å². The van der Waals surface area contributed by atoms with Gasteiger partial charge >= 0.3 is 0 Å². The Morgan fingerprint density at radius 2 is 2.06 bits per heavy atom. The van der Waals surface area contributed by atoms with Crippen LogP contribution in [0.25, 0.3) is 0 Å². The molecule has 2 nitrogen and oxygen atoms in total. The van der Waals surface area contributed by atoms with E-state index in [1.165, 1.54) is 24.0 Å². The molecule has 1 unspecified atom stereocenters. The number of piperazine rings is 1. The summed E-state index contributed by atoms with van der Waals surface area (Å²) in [5.41, 5.74) is 2.58. The molecule has 3 heteroatoms. The second-order valence-corrected chi connectivity index (χ2v) is 5.04. The molecule has 1 fully saturated rings. The second-order valence-electron chi connectivity index (χ2n) is 5.04. The largest absolute Gasteiger partial charge is 0.314 e. The van der Waals surface area contributed by atoms with E-state index in [2.05, 4.69) is 10.2 Å². The highest BCUT2D eigenvalue weighted by molar-refractivity contribution is 5.33. The number of hydrogen-bond acceptors (Lipinski definition) is 2. The van der Waals surface area contributed by atoms with Crippen molar-refractivity contribution in [2.75, 3.05) is 26.2 Å². The zero-order chi connectivity index (χ0) is 11.7. The van der Waals surface area contributed by atoms with E-state index in [-0.39, 0.29) is 5.82 Å². The van der Waals surface area contributed by atoms with Gasteiger partial charge in [-0.15, -0.1) is 0 Å². The molecule has 0 spiro atoms. The fourth-order valence-electron chi connectivity index (χ4n) is 3.12. The van der Waals surface area contributed by atoms with Gasteiger partial charge in [0.15, 0.2) is 0 Å². The maximum Gasteiger partial charge on any atom is 0.123 e. The maximum atomic E-state index is 13.4. The molecule has 0 amide bonds. The summed E-state index contributed by atoms with van der Waals surface area (Å²) in [6.45, 7) is 4.28. The van der Waals surface area contributed by atoms with Gasteiger partial charge in [0.1, 0.15) is 5.82 Å². The number of benzene rings is 1. The van der Waals surface area contributed by atoms with E-state index in [1.54, 1.807) is 12.1 Å². The Balaban J connectivity index is 1.89. The van der Waals surface area contributed by atoms with Crippen LogP contribution in [-0.2, 0) is 6.42 Å². The van der Waals surface area contributed by atoms with E-state index >= 15 is 0 Å². The molecule has 0 bridgehead atoms. The summed E-state index contributed by atoms with van der Waals surface area (Å²) in [5.74, 6) is -0.0919. The van der Waals surface area contributed by atoms with Crippen LogP contribution >= 0.6 is 0 Å². The normalized spacial score (nSPS) is 25.6. The van der Waals surface area contributed by atoms with Gasteiger partial charge in [0.2, 0.25) is 0 Å². The summed E-state index contributed by atoms with van der Waals surface area (Å²) in [4.78, 5) is 2.51. The first kappa shape index (κ1) is 11.2. The van der Waals surface area contributed by atoms with Crippen molar-refractivity contribution in [1.82, 2.24) is 10.2 Å². The quantitative estimate of drug-likeness (QED) is 0.800. The van der Waals surface area contributed by atoms with Crippen molar-refractivity contribution >= 4 is 0 Å². The van der Waals surface area contributed by atoms with Crippen LogP contribution in [0.1, 0.15) is 30.0 Å². The number of fused-ring (bicyclic) bond motifs is 1. The molecule has 3 rings (SSSR count). The number of rotatable bonds is 1. The molecule has 92 valence electrons. The van der Waals surface area contributed by atoms with Crippen LogP contribution in [0.4, 0.5) is 4.39 Å². The lowest BCUT2D eigenvalue weighted by Crippen LogP contribution is -2.45. The molecular weight excluding hydrogens is 215 g/mol. The van der Waals surface area contributed by atoms with Gasteiger partial charge in [-0.25, -0.2) is 4.39 Å². The third kappa shape index (κ3) is 2.22. The molecule has 17 heavy (non-hydrogen) atoms. The Labute approximate surface area is 102 Å². The lowest BCUT2D eigenvalue weighted by molar-refractivity contribution is 0.157. The summed E-state index contributed by atoms with van der Waals surface area (Å²) < 4.78 is 13.4. The predicted octanol–water partition coefficient (Wildman–Crippen LogP) is 2.11. The number of aryl methyl sites for hydroxylation is 1. The van der Waals surface area contributed by atoms with E-state index in [0.717, 1.165) is 32.6 Å². The van der Waals surface area contributed by atoms with Gasteiger partial charge < -0.3 is 5.32 Å². The minimum atomic E-state index is -0.0919. The zero-order valence-corrected chi connectivity index (χ0v) is 10.1. The van der Waals surface area contributed by atoms with Crippen LogP contribution < -0.4 is 5.32 Å². The molecule has 0 aromatic heterocycles. The number of nitrogens with zero attached hydrogens (tertiary/aromatic N) is 1. The van der Waals surface area contributed by atoms with Crippen molar-refractivity contribution in [3.8, 4) is 0 Å². The first-order chi connectivity index (χ1) is 8.34. The molecule has 0 saturated carbocycles. The second kappa shape index (κ2) is 4.75. The third-order valence-electron chi connectivity index (χ3n) is 3.98.